The van der Waals surface area contributed by atoms with E-state index in [1.54, 1.807) is 0 Å². The number of hydrogen-bond acceptors (Lipinski definition) is 4. The van der Waals surface area contributed by atoms with Crippen molar-refractivity contribution in [2.24, 2.45) is 5.10 Å². The highest BCUT2D eigenvalue weighted by molar-refractivity contribution is 6.04. The van der Waals surface area contributed by atoms with Crippen LogP contribution in [-0.2, 0) is 11.3 Å². The number of fused-ring (bicyclic) bond motifs is 1. The zero-order chi connectivity index (χ0) is 23.3. The number of para-hydroxylation sites is 1. The first-order valence-corrected chi connectivity index (χ1v) is 11.0. The summed E-state index contributed by atoms with van der Waals surface area (Å²) in [5.41, 5.74) is 4.43. The lowest BCUT2D eigenvalue weighted by atomic mass is 9.91. The maximum atomic E-state index is 12.6. The Morgan fingerprint density at radius 2 is 1.53 bits per heavy atom. The molecule has 0 saturated carbocycles. The van der Waals surface area contributed by atoms with Gasteiger partial charge in [-0.2, -0.15) is 5.10 Å². The van der Waals surface area contributed by atoms with Crippen LogP contribution in [0, 0.1) is 0 Å². The minimum absolute atomic E-state index is 0.219. The van der Waals surface area contributed by atoms with Crippen LogP contribution >= 0.6 is 0 Å². The summed E-state index contributed by atoms with van der Waals surface area (Å²) in [6.45, 7) is 0.661. The number of carbonyl (C=O) groups is 1. The smallest absolute Gasteiger partial charge is 0.311 e. The molecule has 5 rings (SSSR count). The van der Waals surface area contributed by atoms with Crippen LogP contribution in [0.4, 0.5) is 0 Å². The number of nitrogens with zero attached hydrogens (tertiary/aromatic N) is 5. The zero-order valence-electron chi connectivity index (χ0n) is 18.4. The summed E-state index contributed by atoms with van der Waals surface area (Å²) in [4.78, 5) is 12.6. The normalized spacial score (nSPS) is 12.6. The number of benzene rings is 3. The van der Waals surface area contributed by atoms with Gasteiger partial charge >= 0.3 is 5.97 Å². The molecule has 0 spiro atoms. The third kappa shape index (κ3) is 4.49. The third-order valence-electron chi connectivity index (χ3n) is 5.84. The highest BCUT2D eigenvalue weighted by Gasteiger charge is 2.27. The molecule has 0 fully saturated rings. The van der Waals surface area contributed by atoms with Gasteiger partial charge in [0.2, 0.25) is 0 Å². The summed E-state index contributed by atoms with van der Waals surface area (Å²) in [5, 5.41) is 23.5. The van der Waals surface area contributed by atoms with E-state index in [1.807, 2.05) is 79.0 Å². The number of rotatable bonds is 8. The second-order valence-corrected chi connectivity index (χ2v) is 8.06. The number of carboxylic acids is 1. The van der Waals surface area contributed by atoms with E-state index in [-0.39, 0.29) is 6.42 Å². The van der Waals surface area contributed by atoms with Crippen molar-refractivity contribution in [1.29, 1.82) is 0 Å². The Bertz CT molecular complexity index is 1420. The van der Waals surface area contributed by atoms with E-state index in [4.69, 9.17) is 0 Å². The number of aromatic nitrogens is 4. The molecule has 1 unspecified atom stereocenters. The average molecular weight is 450 g/mol. The standard InChI is InChI=1S/C27H23N5O2/c33-27(34)23(15-25(21-11-5-2-6-12-21)30-32-18-28-29-19-32)24-17-31(16-20-9-3-1-4-10-20)26-14-8-7-13-22(24)26/h1-14,17-19,23H,15-16H2,(H,33,34). The first kappa shape index (κ1) is 21.3. The predicted molar refractivity (Wildman–Crippen MR) is 131 cm³/mol. The van der Waals surface area contributed by atoms with Gasteiger partial charge in [-0.3, -0.25) is 4.79 Å². The minimum atomic E-state index is -0.894. The summed E-state index contributed by atoms with van der Waals surface area (Å²) in [6, 6.07) is 27.7. The van der Waals surface area contributed by atoms with E-state index < -0.39 is 11.9 Å². The molecule has 0 bridgehead atoms. The van der Waals surface area contributed by atoms with Crippen molar-refractivity contribution in [3.8, 4) is 0 Å². The molecule has 1 atom stereocenters. The number of hydrogen-bond donors (Lipinski definition) is 1. The molecule has 1 N–H and O–H groups in total. The molecule has 0 saturated heterocycles. The molecule has 7 heteroatoms. The lowest BCUT2D eigenvalue weighted by molar-refractivity contribution is -0.138. The Morgan fingerprint density at radius 1 is 0.882 bits per heavy atom. The average Bonchev–Trinajstić information content (AvgIpc) is 3.51. The van der Waals surface area contributed by atoms with Crippen molar-refractivity contribution in [2.75, 3.05) is 0 Å². The molecule has 5 aromatic rings. The predicted octanol–water partition coefficient (Wildman–Crippen LogP) is 4.79. The van der Waals surface area contributed by atoms with E-state index in [1.165, 1.54) is 17.3 Å². The maximum Gasteiger partial charge on any atom is 0.311 e. The van der Waals surface area contributed by atoms with E-state index in [9.17, 15) is 9.90 Å². The van der Waals surface area contributed by atoms with Crippen LogP contribution in [0.15, 0.2) is 109 Å². The Hall–Kier alpha value is -4.52. The molecule has 3 aromatic carbocycles. The molecule has 0 aliphatic heterocycles. The van der Waals surface area contributed by atoms with Crippen LogP contribution in [0.1, 0.15) is 29.0 Å². The fraction of sp³-hybridized carbons (Fsp3) is 0.111. The highest BCUT2D eigenvalue weighted by atomic mass is 16.4. The van der Waals surface area contributed by atoms with Gasteiger partial charge in [-0.05, 0) is 22.8 Å². The van der Waals surface area contributed by atoms with Gasteiger partial charge in [-0.15, -0.1) is 10.2 Å². The Labute approximate surface area is 196 Å². The van der Waals surface area contributed by atoms with E-state index in [0.29, 0.717) is 12.3 Å². The third-order valence-corrected chi connectivity index (χ3v) is 5.84. The lowest BCUT2D eigenvalue weighted by Gasteiger charge is -2.14. The molecule has 168 valence electrons. The molecule has 0 aliphatic rings. The fourth-order valence-electron chi connectivity index (χ4n) is 4.22. The topological polar surface area (TPSA) is 85.3 Å². The Balaban J connectivity index is 1.57. The quantitative estimate of drug-likeness (QED) is 0.345. The van der Waals surface area contributed by atoms with Gasteiger partial charge in [-0.1, -0.05) is 78.9 Å². The van der Waals surface area contributed by atoms with Crippen LogP contribution in [0.25, 0.3) is 10.9 Å². The monoisotopic (exact) mass is 449 g/mol. The summed E-state index contributed by atoms with van der Waals surface area (Å²) >= 11 is 0. The summed E-state index contributed by atoms with van der Waals surface area (Å²) in [6.07, 6.45) is 5.17. The molecule has 0 radical (unpaired) electrons. The van der Waals surface area contributed by atoms with Gasteiger partial charge in [0.25, 0.3) is 0 Å². The van der Waals surface area contributed by atoms with Crippen LogP contribution in [0.3, 0.4) is 0 Å². The van der Waals surface area contributed by atoms with Crippen molar-refractivity contribution in [3.05, 3.63) is 120 Å². The minimum Gasteiger partial charge on any atom is -0.481 e. The molecule has 34 heavy (non-hydrogen) atoms. The van der Waals surface area contributed by atoms with Gasteiger partial charge in [0.1, 0.15) is 12.7 Å². The SMILES string of the molecule is O=C(O)C(CC(=Nn1cnnc1)c1ccccc1)c1cn(Cc2ccccc2)c2ccccc12. The Morgan fingerprint density at radius 3 is 2.24 bits per heavy atom. The van der Waals surface area contributed by atoms with Gasteiger partial charge in [0.05, 0.1) is 11.6 Å². The van der Waals surface area contributed by atoms with Crippen LogP contribution in [0.2, 0.25) is 0 Å². The maximum absolute atomic E-state index is 12.6. The van der Waals surface area contributed by atoms with Crippen LogP contribution in [-0.4, -0.2) is 36.2 Å². The summed E-state index contributed by atoms with van der Waals surface area (Å²) in [7, 11) is 0. The first-order valence-electron chi connectivity index (χ1n) is 11.0. The molecule has 2 aromatic heterocycles. The number of aliphatic carboxylic acids is 1. The fourth-order valence-corrected chi connectivity index (χ4v) is 4.22. The highest BCUT2D eigenvalue weighted by Crippen LogP contribution is 2.32. The van der Waals surface area contributed by atoms with Crippen molar-refractivity contribution in [1.82, 2.24) is 19.4 Å². The molecule has 7 nitrogen and oxygen atoms in total. The zero-order valence-corrected chi connectivity index (χ0v) is 18.4. The second kappa shape index (κ2) is 9.54. The molecular formula is C27H23N5O2. The van der Waals surface area contributed by atoms with E-state index in [0.717, 1.165) is 27.6 Å². The summed E-state index contributed by atoms with van der Waals surface area (Å²) < 4.78 is 3.62. The van der Waals surface area contributed by atoms with Crippen LogP contribution in [0.5, 0.6) is 0 Å². The van der Waals surface area contributed by atoms with E-state index in [2.05, 4.69) is 32.0 Å². The van der Waals surface area contributed by atoms with Gasteiger partial charge in [0.15, 0.2) is 0 Å². The first-order chi connectivity index (χ1) is 16.7. The molecule has 0 aliphatic carbocycles. The van der Waals surface area contributed by atoms with Gasteiger partial charge < -0.3 is 9.67 Å². The van der Waals surface area contributed by atoms with Gasteiger partial charge in [0, 0.05) is 30.1 Å². The van der Waals surface area contributed by atoms with Crippen molar-refractivity contribution < 1.29 is 9.90 Å². The second-order valence-electron chi connectivity index (χ2n) is 8.06. The van der Waals surface area contributed by atoms with E-state index >= 15 is 0 Å². The molecular weight excluding hydrogens is 426 g/mol. The van der Waals surface area contributed by atoms with Crippen LogP contribution < -0.4 is 0 Å². The van der Waals surface area contributed by atoms with Gasteiger partial charge in [-0.25, -0.2) is 4.68 Å². The van der Waals surface area contributed by atoms with Crippen molar-refractivity contribution >= 4 is 22.6 Å². The Kier molecular flexibility index (Phi) is 5.99. The van der Waals surface area contributed by atoms with Crippen molar-refractivity contribution in [3.63, 3.8) is 0 Å². The number of carboxylic acid groups (broad SMARTS) is 1. The lowest BCUT2D eigenvalue weighted by Crippen LogP contribution is -2.17. The molecule has 2 heterocycles. The largest absolute Gasteiger partial charge is 0.481 e. The summed E-state index contributed by atoms with van der Waals surface area (Å²) in [5.74, 6) is -1.67. The molecule has 0 amide bonds. The van der Waals surface area contributed by atoms with Crippen molar-refractivity contribution in [2.45, 2.75) is 18.9 Å².